The van der Waals surface area contributed by atoms with Crippen LogP contribution in [0.5, 0.6) is 0 Å². The molecule has 2 heterocycles. The molecule has 0 saturated carbocycles. The van der Waals surface area contributed by atoms with Crippen LogP contribution in [0.3, 0.4) is 0 Å². The van der Waals surface area contributed by atoms with Crippen LogP contribution in [0, 0.1) is 0 Å². The normalized spacial score (nSPS) is 11.8. The van der Waals surface area contributed by atoms with Gasteiger partial charge in [-0.3, -0.25) is 14.6 Å². The summed E-state index contributed by atoms with van der Waals surface area (Å²) in [5.74, 6) is -0.516. The van der Waals surface area contributed by atoms with Crippen LogP contribution in [0.25, 0.3) is 5.69 Å². The minimum absolute atomic E-state index is 0.208. The van der Waals surface area contributed by atoms with E-state index in [4.69, 9.17) is 11.6 Å². The van der Waals surface area contributed by atoms with Crippen LogP contribution in [-0.2, 0) is 0 Å². The molecule has 3 rings (SSSR count). The average Bonchev–Trinajstić information content (AvgIpc) is 3.32. The lowest BCUT2D eigenvalue weighted by Gasteiger charge is -2.13. The molecule has 0 bridgehead atoms. The number of aromatic nitrogens is 3. The Kier molecular flexibility index (Phi) is 5.65. The Labute approximate surface area is 159 Å². The maximum atomic E-state index is 12.3. The highest BCUT2D eigenvalue weighted by Gasteiger charge is 2.14. The SMILES string of the molecule is C[C@@H](CNC(=O)c1cncs1)NC(=O)c1ccn(-c2ccc(Cl)cc2)n1. The Morgan fingerprint density at radius 1 is 1.23 bits per heavy atom. The van der Waals surface area contributed by atoms with Crippen molar-refractivity contribution >= 4 is 34.8 Å². The Balaban J connectivity index is 1.54. The van der Waals surface area contributed by atoms with Crippen LogP contribution >= 0.6 is 22.9 Å². The summed E-state index contributed by atoms with van der Waals surface area (Å²) in [6.45, 7) is 2.11. The smallest absolute Gasteiger partial charge is 0.272 e. The molecule has 134 valence electrons. The Hall–Kier alpha value is -2.71. The minimum atomic E-state index is -0.308. The second-order valence-electron chi connectivity index (χ2n) is 5.57. The van der Waals surface area contributed by atoms with Crippen molar-refractivity contribution in [1.82, 2.24) is 25.4 Å². The molecule has 2 amide bonds. The maximum Gasteiger partial charge on any atom is 0.272 e. The number of carbonyl (C=O) groups excluding carboxylic acids is 2. The van der Waals surface area contributed by atoms with Crippen molar-refractivity contribution in [3.05, 3.63) is 63.8 Å². The highest BCUT2D eigenvalue weighted by Crippen LogP contribution is 2.13. The van der Waals surface area contributed by atoms with E-state index in [1.165, 1.54) is 17.5 Å². The van der Waals surface area contributed by atoms with Gasteiger partial charge in [0, 0.05) is 23.8 Å². The summed E-state index contributed by atoms with van der Waals surface area (Å²) in [4.78, 5) is 28.6. The predicted octanol–water partition coefficient (Wildman–Crippen LogP) is 2.53. The second-order valence-corrected chi connectivity index (χ2v) is 6.89. The quantitative estimate of drug-likeness (QED) is 0.678. The first-order valence-electron chi connectivity index (χ1n) is 7.82. The number of hydrogen-bond acceptors (Lipinski definition) is 5. The van der Waals surface area contributed by atoms with E-state index in [1.807, 2.05) is 12.1 Å². The van der Waals surface area contributed by atoms with Crippen molar-refractivity contribution in [2.75, 3.05) is 6.54 Å². The number of amides is 2. The summed E-state index contributed by atoms with van der Waals surface area (Å²) in [6.07, 6.45) is 3.21. The first-order valence-corrected chi connectivity index (χ1v) is 9.08. The van der Waals surface area contributed by atoms with E-state index in [-0.39, 0.29) is 17.9 Å². The lowest BCUT2D eigenvalue weighted by Crippen LogP contribution is -2.41. The number of hydrogen-bond donors (Lipinski definition) is 2. The number of carbonyl (C=O) groups is 2. The van der Waals surface area contributed by atoms with Gasteiger partial charge in [0.05, 0.1) is 17.4 Å². The molecular formula is C17H16ClN5O2S. The fourth-order valence-corrected chi connectivity index (χ4v) is 2.85. The molecule has 0 saturated heterocycles. The van der Waals surface area contributed by atoms with E-state index < -0.39 is 0 Å². The van der Waals surface area contributed by atoms with Crippen LogP contribution in [0.4, 0.5) is 0 Å². The third kappa shape index (κ3) is 4.47. The Morgan fingerprint density at radius 3 is 2.69 bits per heavy atom. The van der Waals surface area contributed by atoms with Gasteiger partial charge in [0.1, 0.15) is 4.88 Å². The number of nitrogens with one attached hydrogen (secondary N) is 2. The van der Waals surface area contributed by atoms with Crippen LogP contribution < -0.4 is 10.6 Å². The summed E-state index contributed by atoms with van der Waals surface area (Å²) < 4.78 is 1.60. The van der Waals surface area contributed by atoms with E-state index >= 15 is 0 Å². The van der Waals surface area contributed by atoms with E-state index in [1.54, 1.807) is 41.5 Å². The molecular weight excluding hydrogens is 374 g/mol. The van der Waals surface area contributed by atoms with Crippen molar-refractivity contribution < 1.29 is 9.59 Å². The minimum Gasteiger partial charge on any atom is -0.349 e. The molecule has 0 fully saturated rings. The summed E-state index contributed by atoms with van der Waals surface area (Å²) in [7, 11) is 0. The highest BCUT2D eigenvalue weighted by molar-refractivity contribution is 7.11. The molecule has 3 aromatic rings. The number of nitrogens with zero attached hydrogens (tertiary/aromatic N) is 3. The lowest BCUT2D eigenvalue weighted by atomic mass is 10.3. The molecule has 2 aromatic heterocycles. The molecule has 2 N–H and O–H groups in total. The molecule has 9 heteroatoms. The Morgan fingerprint density at radius 2 is 2.00 bits per heavy atom. The van der Waals surface area contributed by atoms with Crippen LogP contribution in [0.2, 0.25) is 5.02 Å². The summed E-state index contributed by atoms with van der Waals surface area (Å²) in [6, 6.07) is 8.52. The van der Waals surface area contributed by atoms with Gasteiger partial charge in [-0.15, -0.1) is 11.3 Å². The maximum absolute atomic E-state index is 12.3. The third-order valence-electron chi connectivity index (χ3n) is 3.52. The molecule has 0 aliphatic heterocycles. The Bertz CT molecular complexity index is 892. The first-order chi connectivity index (χ1) is 12.5. The predicted molar refractivity (Wildman–Crippen MR) is 99.9 cm³/mol. The molecule has 1 atom stereocenters. The largest absolute Gasteiger partial charge is 0.349 e. The lowest BCUT2D eigenvalue weighted by molar-refractivity contribution is 0.0910. The highest BCUT2D eigenvalue weighted by atomic mass is 35.5. The molecule has 0 aliphatic carbocycles. The van der Waals surface area contributed by atoms with Gasteiger partial charge in [-0.2, -0.15) is 5.10 Å². The monoisotopic (exact) mass is 389 g/mol. The van der Waals surface area contributed by atoms with E-state index in [9.17, 15) is 9.59 Å². The van der Waals surface area contributed by atoms with Gasteiger partial charge in [-0.05, 0) is 37.3 Å². The molecule has 1 aromatic carbocycles. The van der Waals surface area contributed by atoms with Gasteiger partial charge >= 0.3 is 0 Å². The molecule has 7 nitrogen and oxygen atoms in total. The fraction of sp³-hybridized carbons (Fsp3) is 0.176. The zero-order valence-corrected chi connectivity index (χ0v) is 15.4. The van der Waals surface area contributed by atoms with Gasteiger partial charge in [0.2, 0.25) is 0 Å². The zero-order chi connectivity index (χ0) is 18.5. The molecule has 26 heavy (non-hydrogen) atoms. The van der Waals surface area contributed by atoms with Crippen molar-refractivity contribution in [1.29, 1.82) is 0 Å². The zero-order valence-electron chi connectivity index (χ0n) is 13.8. The van der Waals surface area contributed by atoms with Gasteiger partial charge in [-0.25, -0.2) is 4.68 Å². The van der Waals surface area contributed by atoms with Crippen molar-refractivity contribution in [3.8, 4) is 5.69 Å². The third-order valence-corrected chi connectivity index (χ3v) is 4.54. The molecule has 0 radical (unpaired) electrons. The topological polar surface area (TPSA) is 88.9 Å². The van der Waals surface area contributed by atoms with Gasteiger partial charge in [0.15, 0.2) is 5.69 Å². The first kappa shape index (κ1) is 18.1. The average molecular weight is 390 g/mol. The van der Waals surface area contributed by atoms with Crippen LogP contribution in [0.15, 0.2) is 48.2 Å². The molecule has 0 unspecified atom stereocenters. The van der Waals surface area contributed by atoms with E-state index in [0.717, 1.165) is 5.69 Å². The van der Waals surface area contributed by atoms with Crippen molar-refractivity contribution in [3.63, 3.8) is 0 Å². The number of thiazole rings is 1. The molecule has 0 aliphatic rings. The van der Waals surface area contributed by atoms with Gasteiger partial charge in [-0.1, -0.05) is 11.6 Å². The molecule has 0 spiro atoms. The number of rotatable bonds is 6. The summed E-state index contributed by atoms with van der Waals surface area (Å²) >= 11 is 7.13. The van der Waals surface area contributed by atoms with Crippen molar-refractivity contribution in [2.24, 2.45) is 0 Å². The van der Waals surface area contributed by atoms with Gasteiger partial charge < -0.3 is 10.6 Å². The number of benzene rings is 1. The van der Waals surface area contributed by atoms with Crippen LogP contribution in [-0.4, -0.2) is 39.2 Å². The van der Waals surface area contributed by atoms with E-state index in [0.29, 0.717) is 22.1 Å². The second kappa shape index (κ2) is 8.11. The van der Waals surface area contributed by atoms with Crippen molar-refractivity contribution in [2.45, 2.75) is 13.0 Å². The van der Waals surface area contributed by atoms with E-state index in [2.05, 4.69) is 20.7 Å². The summed E-state index contributed by atoms with van der Waals surface area (Å²) in [5, 5.41) is 10.5. The number of halogens is 1. The van der Waals surface area contributed by atoms with Crippen LogP contribution in [0.1, 0.15) is 27.1 Å². The standard InChI is InChI=1S/C17H16ClN5O2S/c1-11(8-20-17(25)15-9-19-10-26-15)21-16(24)14-6-7-23(22-14)13-4-2-12(18)3-5-13/h2-7,9-11H,8H2,1H3,(H,20,25)(H,21,24)/t11-/m0/s1. The fourth-order valence-electron chi connectivity index (χ4n) is 2.19. The van der Waals surface area contributed by atoms with Gasteiger partial charge in [0.25, 0.3) is 11.8 Å². The summed E-state index contributed by atoms with van der Waals surface area (Å²) in [5.41, 5.74) is 2.69.